The van der Waals surface area contributed by atoms with Gasteiger partial charge in [0.2, 0.25) is 5.88 Å². The number of piperidine rings is 1. The lowest BCUT2D eigenvalue weighted by Crippen LogP contribution is -2.37. The van der Waals surface area contributed by atoms with Crippen molar-refractivity contribution in [2.75, 3.05) is 40.0 Å². The number of ether oxygens (including phenoxy) is 3. The van der Waals surface area contributed by atoms with E-state index in [1.54, 1.807) is 7.11 Å². The van der Waals surface area contributed by atoms with E-state index < -0.39 is 0 Å². The first-order chi connectivity index (χ1) is 11.2. The van der Waals surface area contributed by atoms with E-state index in [2.05, 4.69) is 16.9 Å². The molecule has 2 saturated heterocycles. The molecule has 0 bridgehead atoms. The summed E-state index contributed by atoms with van der Waals surface area (Å²) in [4.78, 5) is 2.48. The highest BCUT2D eigenvalue weighted by molar-refractivity contribution is 5.30. The third-order valence-electron chi connectivity index (χ3n) is 4.99. The zero-order valence-corrected chi connectivity index (χ0v) is 14.6. The van der Waals surface area contributed by atoms with Crippen LogP contribution in [0.1, 0.15) is 30.5 Å². The van der Waals surface area contributed by atoms with Crippen molar-refractivity contribution in [3.63, 3.8) is 0 Å². The van der Waals surface area contributed by atoms with Gasteiger partial charge >= 0.3 is 0 Å². The highest BCUT2D eigenvalue weighted by atomic mass is 16.5. The molecule has 0 radical (unpaired) electrons. The topological polar surface area (TPSA) is 48.8 Å². The Morgan fingerprint density at radius 3 is 2.70 bits per heavy atom. The van der Waals surface area contributed by atoms with E-state index in [0.717, 1.165) is 70.3 Å². The quantitative estimate of drug-likeness (QED) is 0.798. The zero-order chi connectivity index (χ0) is 16.2. The maximum absolute atomic E-state index is 6.09. The minimum absolute atomic E-state index is 0.406. The Bertz CT molecular complexity index is 503. The second-order valence-corrected chi connectivity index (χ2v) is 6.74. The van der Waals surface area contributed by atoms with E-state index >= 15 is 0 Å². The molecular formula is C17H29N3O3. The van der Waals surface area contributed by atoms with E-state index in [1.165, 1.54) is 5.56 Å². The Hall–Kier alpha value is -1.11. The highest BCUT2D eigenvalue weighted by Gasteiger charge is 2.24. The Kier molecular flexibility index (Phi) is 5.56. The fourth-order valence-corrected chi connectivity index (χ4v) is 3.56. The van der Waals surface area contributed by atoms with E-state index in [1.807, 2.05) is 11.7 Å². The molecule has 6 heteroatoms. The van der Waals surface area contributed by atoms with Crippen molar-refractivity contribution >= 4 is 0 Å². The molecule has 0 aliphatic carbocycles. The molecule has 1 unspecified atom stereocenters. The van der Waals surface area contributed by atoms with Gasteiger partial charge in [-0.2, -0.15) is 5.10 Å². The average Bonchev–Trinajstić information content (AvgIpc) is 3.15. The van der Waals surface area contributed by atoms with Gasteiger partial charge in [0, 0.05) is 39.2 Å². The second-order valence-electron chi connectivity index (χ2n) is 6.74. The van der Waals surface area contributed by atoms with E-state index in [-0.39, 0.29) is 0 Å². The van der Waals surface area contributed by atoms with Crippen LogP contribution >= 0.6 is 0 Å². The van der Waals surface area contributed by atoms with Crippen LogP contribution in [0.15, 0.2) is 0 Å². The summed E-state index contributed by atoms with van der Waals surface area (Å²) < 4.78 is 18.8. The molecule has 2 aliphatic rings. The van der Waals surface area contributed by atoms with Crippen LogP contribution < -0.4 is 4.74 Å². The van der Waals surface area contributed by atoms with Crippen LogP contribution in [0.2, 0.25) is 0 Å². The van der Waals surface area contributed by atoms with Gasteiger partial charge in [0.25, 0.3) is 0 Å². The van der Waals surface area contributed by atoms with Crippen LogP contribution in [0.4, 0.5) is 0 Å². The van der Waals surface area contributed by atoms with Gasteiger partial charge in [0.15, 0.2) is 0 Å². The molecular weight excluding hydrogens is 294 g/mol. The zero-order valence-electron chi connectivity index (χ0n) is 14.6. The molecule has 0 spiro atoms. The summed E-state index contributed by atoms with van der Waals surface area (Å²) in [7, 11) is 3.65. The van der Waals surface area contributed by atoms with E-state index in [0.29, 0.717) is 12.0 Å². The van der Waals surface area contributed by atoms with Crippen molar-refractivity contribution in [2.24, 2.45) is 13.0 Å². The van der Waals surface area contributed by atoms with Crippen LogP contribution in [0, 0.1) is 12.8 Å². The van der Waals surface area contributed by atoms with Crippen LogP contribution in [-0.2, 0) is 23.1 Å². The number of rotatable bonds is 6. The number of methoxy groups -OCH3 is 1. The standard InChI is InChI=1S/C17H29N3O3/c1-13-16(17(21-3)19(2)18-13)10-20-7-4-15(5-8-20)23-12-14-6-9-22-11-14/h14-15H,4-12H2,1-3H3. The molecule has 1 aromatic heterocycles. The lowest BCUT2D eigenvalue weighted by Gasteiger charge is -2.32. The number of aromatic nitrogens is 2. The Morgan fingerprint density at radius 2 is 2.04 bits per heavy atom. The number of aryl methyl sites for hydroxylation is 2. The van der Waals surface area contributed by atoms with Gasteiger partial charge in [-0.15, -0.1) is 0 Å². The number of nitrogens with zero attached hydrogens (tertiary/aromatic N) is 3. The van der Waals surface area contributed by atoms with Gasteiger partial charge in [-0.05, 0) is 26.2 Å². The first-order valence-corrected chi connectivity index (χ1v) is 8.65. The van der Waals surface area contributed by atoms with Crippen LogP contribution in [0.3, 0.4) is 0 Å². The first kappa shape index (κ1) is 16.7. The van der Waals surface area contributed by atoms with Crippen LogP contribution in [0.25, 0.3) is 0 Å². The fraction of sp³-hybridized carbons (Fsp3) is 0.824. The van der Waals surface area contributed by atoms with Crippen molar-refractivity contribution in [2.45, 2.75) is 38.8 Å². The van der Waals surface area contributed by atoms with Gasteiger partial charge in [0.1, 0.15) is 0 Å². The molecule has 0 saturated carbocycles. The predicted octanol–water partition coefficient (Wildman–Crippen LogP) is 1.75. The molecule has 0 N–H and O–H groups in total. The summed E-state index contributed by atoms with van der Waals surface area (Å²) >= 11 is 0. The predicted molar refractivity (Wildman–Crippen MR) is 87.7 cm³/mol. The van der Waals surface area contributed by atoms with Crippen LogP contribution in [-0.4, -0.2) is 60.8 Å². The monoisotopic (exact) mass is 323 g/mol. The molecule has 6 nitrogen and oxygen atoms in total. The van der Waals surface area contributed by atoms with Crippen molar-refractivity contribution in [1.82, 2.24) is 14.7 Å². The minimum atomic E-state index is 0.406. The number of likely N-dealkylation sites (tertiary alicyclic amines) is 1. The molecule has 1 atom stereocenters. The summed E-state index contributed by atoms with van der Waals surface area (Å²) in [6, 6.07) is 0. The SMILES string of the molecule is COc1c(CN2CCC(OCC3CCOC3)CC2)c(C)nn1C. The number of hydrogen-bond donors (Lipinski definition) is 0. The molecule has 0 aromatic carbocycles. The lowest BCUT2D eigenvalue weighted by atomic mass is 10.1. The molecule has 1 aromatic rings. The second kappa shape index (κ2) is 7.64. The van der Waals surface area contributed by atoms with Gasteiger partial charge in [-0.25, -0.2) is 4.68 Å². The van der Waals surface area contributed by atoms with Crippen molar-refractivity contribution < 1.29 is 14.2 Å². The Labute approximate surface area is 138 Å². The number of hydrogen-bond acceptors (Lipinski definition) is 5. The molecule has 0 amide bonds. The molecule has 130 valence electrons. The average molecular weight is 323 g/mol. The maximum atomic E-state index is 6.09. The first-order valence-electron chi connectivity index (χ1n) is 8.65. The van der Waals surface area contributed by atoms with Gasteiger partial charge < -0.3 is 14.2 Å². The highest BCUT2D eigenvalue weighted by Crippen LogP contribution is 2.25. The fourth-order valence-electron chi connectivity index (χ4n) is 3.56. The van der Waals surface area contributed by atoms with Crippen molar-refractivity contribution in [3.8, 4) is 5.88 Å². The summed E-state index contributed by atoms with van der Waals surface area (Å²) in [6.45, 7) is 7.74. The van der Waals surface area contributed by atoms with Crippen molar-refractivity contribution in [1.29, 1.82) is 0 Å². The summed E-state index contributed by atoms with van der Waals surface area (Å²) in [5.41, 5.74) is 2.27. The minimum Gasteiger partial charge on any atom is -0.481 e. The van der Waals surface area contributed by atoms with Gasteiger partial charge in [-0.3, -0.25) is 4.90 Å². The molecule has 2 aliphatic heterocycles. The summed E-state index contributed by atoms with van der Waals surface area (Å²) in [6.07, 6.45) is 3.77. The Morgan fingerprint density at radius 1 is 1.26 bits per heavy atom. The summed E-state index contributed by atoms with van der Waals surface area (Å²) in [5, 5.41) is 4.46. The van der Waals surface area contributed by atoms with Gasteiger partial charge in [-0.1, -0.05) is 0 Å². The third-order valence-corrected chi connectivity index (χ3v) is 4.99. The van der Waals surface area contributed by atoms with Crippen LogP contribution in [0.5, 0.6) is 5.88 Å². The smallest absolute Gasteiger partial charge is 0.216 e. The largest absolute Gasteiger partial charge is 0.481 e. The summed E-state index contributed by atoms with van der Waals surface area (Å²) in [5.74, 6) is 1.48. The molecule has 3 heterocycles. The van der Waals surface area contributed by atoms with Gasteiger partial charge in [0.05, 0.1) is 37.7 Å². The van der Waals surface area contributed by atoms with E-state index in [9.17, 15) is 0 Å². The molecule has 23 heavy (non-hydrogen) atoms. The lowest BCUT2D eigenvalue weighted by molar-refractivity contribution is -0.0118. The molecule has 3 rings (SSSR count). The molecule has 2 fully saturated rings. The van der Waals surface area contributed by atoms with E-state index in [4.69, 9.17) is 14.2 Å². The van der Waals surface area contributed by atoms with Crippen molar-refractivity contribution in [3.05, 3.63) is 11.3 Å². The normalized spacial score (nSPS) is 23.5. The Balaban J connectivity index is 1.45. The maximum Gasteiger partial charge on any atom is 0.216 e. The third kappa shape index (κ3) is 4.05.